The summed E-state index contributed by atoms with van der Waals surface area (Å²) in [6.45, 7) is 3.37. The van der Waals surface area contributed by atoms with Crippen molar-refractivity contribution in [2.75, 3.05) is 13.7 Å². The summed E-state index contributed by atoms with van der Waals surface area (Å²) in [5.74, 6) is -0.554. The van der Waals surface area contributed by atoms with Crippen LogP contribution in [0.1, 0.15) is 25.3 Å². The van der Waals surface area contributed by atoms with Crippen LogP contribution in [0.2, 0.25) is 0 Å². The Labute approximate surface area is 134 Å². The zero-order valence-electron chi connectivity index (χ0n) is 13.1. The summed E-state index contributed by atoms with van der Waals surface area (Å²) in [6, 6.07) is 8.02. The largest absolute Gasteiger partial charge is 0.424 e. The van der Waals surface area contributed by atoms with E-state index in [1.165, 1.54) is 13.2 Å². The number of rotatable bonds is 5. The number of carbonyl (C=O) groups is 1. The minimum Gasteiger partial charge on any atom is -0.424 e. The van der Waals surface area contributed by atoms with Crippen LogP contribution in [0.3, 0.4) is 0 Å². The number of benzene rings is 2. The van der Waals surface area contributed by atoms with Crippen molar-refractivity contribution in [1.29, 1.82) is 0 Å². The van der Waals surface area contributed by atoms with Crippen molar-refractivity contribution in [2.45, 2.75) is 24.7 Å². The lowest BCUT2D eigenvalue weighted by Gasteiger charge is -2.17. The lowest BCUT2D eigenvalue weighted by atomic mass is 9.98. The van der Waals surface area contributed by atoms with Gasteiger partial charge in [-0.2, -0.15) is 8.42 Å². The molecule has 0 unspecified atom stereocenters. The highest BCUT2D eigenvalue weighted by Crippen LogP contribution is 2.37. The van der Waals surface area contributed by atoms with E-state index in [1.54, 1.807) is 38.1 Å². The van der Waals surface area contributed by atoms with Gasteiger partial charge >= 0.3 is 5.97 Å². The van der Waals surface area contributed by atoms with E-state index >= 15 is 0 Å². The Hall–Kier alpha value is -1.96. The highest BCUT2D eigenvalue weighted by Gasteiger charge is 2.24. The van der Waals surface area contributed by atoms with Crippen LogP contribution in [0.4, 0.5) is 0 Å². The molecule has 0 aromatic heterocycles. The van der Waals surface area contributed by atoms with Crippen LogP contribution in [-0.2, 0) is 19.6 Å². The minimum atomic E-state index is -4.43. The quantitative estimate of drug-likeness (QED) is 0.512. The molecule has 0 heterocycles. The molecule has 0 aliphatic heterocycles. The lowest BCUT2D eigenvalue weighted by Crippen LogP contribution is -2.15. The molecule has 0 spiro atoms. The van der Waals surface area contributed by atoms with Gasteiger partial charge in [-0.1, -0.05) is 38.1 Å². The molecule has 0 saturated heterocycles. The molecule has 0 aliphatic carbocycles. The van der Waals surface area contributed by atoms with E-state index < -0.39 is 16.1 Å². The molecule has 6 nitrogen and oxygen atoms in total. The fourth-order valence-electron chi connectivity index (χ4n) is 2.41. The Morgan fingerprint density at radius 2 is 1.83 bits per heavy atom. The Kier molecular flexibility index (Phi) is 5.03. The van der Waals surface area contributed by atoms with Crippen LogP contribution in [0.25, 0.3) is 10.8 Å². The van der Waals surface area contributed by atoms with Gasteiger partial charge in [0.25, 0.3) is 10.1 Å². The topological polar surface area (TPSA) is 89.9 Å². The summed E-state index contributed by atoms with van der Waals surface area (Å²) >= 11 is 0. The molecule has 0 atom stereocenters. The van der Waals surface area contributed by atoms with E-state index in [2.05, 4.69) is 0 Å². The first kappa shape index (κ1) is 17.4. The minimum absolute atomic E-state index is 0.158. The second-order valence-electron chi connectivity index (χ2n) is 5.38. The van der Waals surface area contributed by atoms with E-state index in [4.69, 9.17) is 9.47 Å². The molecule has 0 aliphatic rings. The van der Waals surface area contributed by atoms with Crippen molar-refractivity contribution < 1.29 is 27.2 Å². The van der Waals surface area contributed by atoms with Gasteiger partial charge in [0.2, 0.25) is 0 Å². The Balaban J connectivity index is 2.78. The first-order valence-corrected chi connectivity index (χ1v) is 8.42. The zero-order chi connectivity index (χ0) is 17.2. The molecule has 124 valence electrons. The number of esters is 1. The molecule has 2 rings (SSSR count). The van der Waals surface area contributed by atoms with Crippen molar-refractivity contribution in [3.8, 4) is 5.75 Å². The average molecular weight is 338 g/mol. The van der Waals surface area contributed by atoms with Gasteiger partial charge in [0, 0.05) is 17.9 Å². The fraction of sp³-hybridized carbons (Fsp3) is 0.312. The lowest BCUT2D eigenvalue weighted by molar-refractivity contribution is -0.138. The molecule has 2 aromatic carbocycles. The van der Waals surface area contributed by atoms with Gasteiger partial charge in [-0.15, -0.1) is 0 Å². The molecular formula is C16H18O6S. The molecular weight excluding hydrogens is 320 g/mol. The van der Waals surface area contributed by atoms with E-state index in [0.29, 0.717) is 16.3 Å². The molecule has 0 saturated carbocycles. The number of hydrogen-bond acceptors (Lipinski definition) is 5. The number of hydrogen-bond donors (Lipinski definition) is 1. The van der Waals surface area contributed by atoms with Crippen molar-refractivity contribution in [2.24, 2.45) is 0 Å². The summed E-state index contributed by atoms with van der Waals surface area (Å²) in [5.41, 5.74) is 0.381. The third kappa shape index (κ3) is 3.69. The van der Waals surface area contributed by atoms with Crippen molar-refractivity contribution in [3.05, 3.63) is 35.9 Å². The Morgan fingerprint density at radius 1 is 1.22 bits per heavy atom. The summed E-state index contributed by atoms with van der Waals surface area (Å²) < 4.78 is 43.3. The normalized spacial score (nSPS) is 11.9. The third-order valence-electron chi connectivity index (χ3n) is 3.35. The van der Waals surface area contributed by atoms with E-state index in [1.807, 2.05) is 0 Å². The molecule has 23 heavy (non-hydrogen) atoms. The molecule has 0 radical (unpaired) electrons. The standard InChI is InChI=1S/C16H18O6S/c1-10(2)13-8-14(22-15(17)9-21-3)11-6-4-5-7-12(11)16(13)23(18,19)20/h4-8,10H,9H2,1-3H3,(H,18,19,20). The van der Waals surface area contributed by atoms with E-state index in [9.17, 15) is 17.8 Å². The number of ether oxygens (including phenoxy) is 2. The van der Waals surface area contributed by atoms with Crippen LogP contribution < -0.4 is 4.74 Å². The van der Waals surface area contributed by atoms with Crippen molar-refractivity contribution >= 4 is 26.9 Å². The first-order chi connectivity index (χ1) is 10.8. The van der Waals surface area contributed by atoms with Gasteiger partial charge in [-0.3, -0.25) is 4.55 Å². The van der Waals surface area contributed by atoms with Crippen molar-refractivity contribution in [1.82, 2.24) is 0 Å². The number of fused-ring (bicyclic) bond motifs is 1. The summed E-state index contributed by atoms with van der Waals surface area (Å²) in [5, 5.41) is 0.732. The maximum Gasteiger partial charge on any atom is 0.337 e. The van der Waals surface area contributed by atoms with Gasteiger partial charge in [0.15, 0.2) is 0 Å². The Bertz CT molecular complexity index is 839. The summed E-state index contributed by atoms with van der Waals surface area (Å²) in [7, 11) is -3.05. The second kappa shape index (κ2) is 6.66. The molecule has 7 heteroatoms. The fourth-order valence-corrected chi connectivity index (χ4v) is 3.46. The monoisotopic (exact) mass is 338 g/mol. The van der Waals surface area contributed by atoms with Gasteiger partial charge < -0.3 is 9.47 Å². The molecule has 2 aromatic rings. The average Bonchev–Trinajstić information content (AvgIpc) is 2.45. The zero-order valence-corrected chi connectivity index (χ0v) is 13.9. The van der Waals surface area contributed by atoms with E-state index in [-0.39, 0.29) is 23.2 Å². The molecule has 0 amide bonds. The van der Waals surface area contributed by atoms with Crippen LogP contribution >= 0.6 is 0 Å². The number of carbonyl (C=O) groups excluding carboxylic acids is 1. The van der Waals surface area contributed by atoms with Crippen molar-refractivity contribution in [3.63, 3.8) is 0 Å². The molecule has 1 N–H and O–H groups in total. The predicted octanol–water partition coefficient (Wildman–Crippen LogP) is 2.76. The highest BCUT2D eigenvalue weighted by molar-refractivity contribution is 7.86. The third-order valence-corrected chi connectivity index (χ3v) is 4.32. The van der Waals surface area contributed by atoms with E-state index in [0.717, 1.165) is 0 Å². The predicted molar refractivity (Wildman–Crippen MR) is 85.4 cm³/mol. The summed E-state index contributed by atoms with van der Waals surface area (Å²) in [4.78, 5) is 11.5. The van der Waals surface area contributed by atoms with Gasteiger partial charge in [-0.05, 0) is 17.5 Å². The van der Waals surface area contributed by atoms with Crippen LogP contribution in [0.15, 0.2) is 35.2 Å². The van der Waals surface area contributed by atoms with Gasteiger partial charge in [-0.25, -0.2) is 4.79 Å². The SMILES string of the molecule is COCC(=O)Oc1cc(C(C)C)c(S(=O)(=O)O)c2ccccc12. The van der Waals surface area contributed by atoms with Gasteiger partial charge in [0.05, 0.1) is 0 Å². The molecule has 0 bridgehead atoms. The summed E-state index contributed by atoms with van der Waals surface area (Å²) in [6.07, 6.45) is 0. The number of methoxy groups -OCH3 is 1. The first-order valence-electron chi connectivity index (χ1n) is 6.98. The Morgan fingerprint density at radius 3 is 2.35 bits per heavy atom. The second-order valence-corrected chi connectivity index (χ2v) is 6.73. The molecule has 0 fully saturated rings. The van der Waals surface area contributed by atoms with Crippen LogP contribution in [0, 0.1) is 0 Å². The van der Waals surface area contributed by atoms with Crippen LogP contribution in [-0.4, -0.2) is 32.7 Å². The van der Waals surface area contributed by atoms with Gasteiger partial charge in [0.1, 0.15) is 17.3 Å². The maximum absolute atomic E-state index is 11.8. The smallest absolute Gasteiger partial charge is 0.337 e. The maximum atomic E-state index is 11.8. The van der Waals surface area contributed by atoms with Crippen LogP contribution in [0.5, 0.6) is 5.75 Å². The highest BCUT2D eigenvalue weighted by atomic mass is 32.2.